The number of oxazole rings is 1. The molecule has 0 bridgehead atoms. The third-order valence-electron chi connectivity index (χ3n) is 3.81. The number of hydrogen-bond donors (Lipinski definition) is 2. The highest BCUT2D eigenvalue weighted by molar-refractivity contribution is 6.30. The molecule has 1 saturated carbocycles. The van der Waals surface area contributed by atoms with Gasteiger partial charge in [0.1, 0.15) is 0 Å². The molecule has 3 rings (SSSR count). The summed E-state index contributed by atoms with van der Waals surface area (Å²) in [5.41, 5.74) is 1.57. The summed E-state index contributed by atoms with van der Waals surface area (Å²) in [6.45, 7) is 1.95. The van der Waals surface area contributed by atoms with E-state index in [4.69, 9.17) is 21.1 Å². The number of carboxylic acid groups (broad SMARTS) is 1. The summed E-state index contributed by atoms with van der Waals surface area (Å²) in [7, 11) is 0. The van der Waals surface area contributed by atoms with Crippen LogP contribution >= 0.6 is 11.6 Å². The van der Waals surface area contributed by atoms with Crippen LogP contribution < -0.4 is 5.32 Å². The molecular formula is C16H15ClN2O4. The number of rotatable bonds is 5. The third-order valence-corrected chi connectivity index (χ3v) is 4.06. The Morgan fingerprint density at radius 2 is 2.04 bits per heavy atom. The molecule has 1 heterocycles. The zero-order valence-electron chi connectivity index (χ0n) is 12.4. The van der Waals surface area contributed by atoms with Gasteiger partial charge in [-0.3, -0.25) is 9.59 Å². The van der Waals surface area contributed by atoms with Gasteiger partial charge in [-0.1, -0.05) is 11.6 Å². The minimum Gasteiger partial charge on any atom is -0.481 e. The lowest BCUT2D eigenvalue weighted by Crippen LogP contribution is -2.26. The van der Waals surface area contributed by atoms with Gasteiger partial charge in [0.2, 0.25) is 11.8 Å². The van der Waals surface area contributed by atoms with E-state index in [0.29, 0.717) is 28.8 Å². The van der Waals surface area contributed by atoms with Crippen LogP contribution in [-0.4, -0.2) is 22.0 Å². The number of nitrogens with one attached hydrogen (secondary N) is 1. The first-order valence-electron chi connectivity index (χ1n) is 7.18. The van der Waals surface area contributed by atoms with E-state index in [9.17, 15) is 9.59 Å². The van der Waals surface area contributed by atoms with Crippen LogP contribution in [0.2, 0.25) is 5.02 Å². The Hall–Kier alpha value is -2.34. The number of benzene rings is 1. The molecule has 1 aromatic carbocycles. The van der Waals surface area contributed by atoms with E-state index in [1.807, 2.05) is 19.1 Å². The lowest BCUT2D eigenvalue weighted by Gasteiger charge is -2.01. The van der Waals surface area contributed by atoms with Crippen molar-refractivity contribution in [3.8, 4) is 11.3 Å². The van der Waals surface area contributed by atoms with Crippen molar-refractivity contribution in [3.63, 3.8) is 0 Å². The van der Waals surface area contributed by atoms with Gasteiger partial charge in [0, 0.05) is 10.6 Å². The second-order valence-electron chi connectivity index (χ2n) is 5.53. The molecule has 1 aliphatic carbocycles. The standard InChI is InChI=1S/C16H15ClN2O4/c1-8-14(9-2-4-10(17)5-3-9)23-13(19-8)7-18-15(20)11-6-12(11)16(21)22/h2-5,11-12H,6-7H2,1H3,(H,18,20)(H,21,22). The third kappa shape index (κ3) is 3.37. The van der Waals surface area contributed by atoms with Gasteiger partial charge < -0.3 is 14.8 Å². The first-order valence-corrected chi connectivity index (χ1v) is 7.56. The molecule has 2 aromatic rings. The summed E-state index contributed by atoms with van der Waals surface area (Å²) in [6.07, 6.45) is 0.391. The molecule has 1 aromatic heterocycles. The van der Waals surface area contributed by atoms with E-state index in [-0.39, 0.29) is 12.5 Å². The monoisotopic (exact) mass is 334 g/mol. The van der Waals surface area contributed by atoms with E-state index in [0.717, 1.165) is 5.56 Å². The number of halogens is 1. The molecule has 2 atom stereocenters. The van der Waals surface area contributed by atoms with Crippen molar-refractivity contribution >= 4 is 23.5 Å². The Balaban J connectivity index is 1.64. The van der Waals surface area contributed by atoms with Gasteiger partial charge in [0.15, 0.2) is 5.76 Å². The molecule has 1 fully saturated rings. The highest BCUT2D eigenvalue weighted by Crippen LogP contribution is 2.38. The van der Waals surface area contributed by atoms with Gasteiger partial charge in [-0.15, -0.1) is 0 Å². The van der Waals surface area contributed by atoms with Crippen LogP contribution in [0.15, 0.2) is 28.7 Å². The zero-order valence-corrected chi connectivity index (χ0v) is 13.1. The van der Waals surface area contributed by atoms with Gasteiger partial charge in [0.25, 0.3) is 0 Å². The van der Waals surface area contributed by atoms with Gasteiger partial charge in [-0.2, -0.15) is 0 Å². The number of aliphatic carboxylic acids is 1. The van der Waals surface area contributed by atoms with Crippen molar-refractivity contribution in [1.29, 1.82) is 0 Å². The molecule has 7 heteroatoms. The fourth-order valence-electron chi connectivity index (χ4n) is 2.45. The Kier molecular flexibility index (Phi) is 4.09. The van der Waals surface area contributed by atoms with Crippen LogP contribution in [0.25, 0.3) is 11.3 Å². The molecule has 2 N–H and O–H groups in total. The average molecular weight is 335 g/mol. The molecule has 23 heavy (non-hydrogen) atoms. The predicted molar refractivity (Wildman–Crippen MR) is 82.8 cm³/mol. The Morgan fingerprint density at radius 1 is 1.35 bits per heavy atom. The molecule has 1 amide bonds. The number of carbonyl (C=O) groups is 2. The number of carboxylic acids is 1. The summed E-state index contributed by atoms with van der Waals surface area (Å²) >= 11 is 5.86. The van der Waals surface area contributed by atoms with Gasteiger partial charge >= 0.3 is 5.97 Å². The van der Waals surface area contributed by atoms with Gasteiger partial charge in [-0.05, 0) is 37.6 Å². The molecule has 0 spiro atoms. The molecule has 120 valence electrons. The normalized spacial score (nSPS) is 19.4. The van der Waals surface area contributed by atoms with Crippen molar-refractivity contribution < 1.29 is 19.1 Å². The number of aryl methyl sites for hydroxylation is 1. The number of nitrogens with zero attached hydrogens (tertiary/aromatic N) is 1. The van der Waals surface area contributed by atoms with Crippen LogP contribution in [0.3, 0.4) is 0 Å². The van der Waals surface area contributed by atoms with E-state index in [2.05, 4.69) is 10.3 Å². The SMILES string of the molecule is Cc1nc(CNC(=O)C2CC2C(=O)O)oc1-c1ccc(Cl)cc1. The highest BCUT2D eigenvalue weighted by atomic mass is 35.5. The molecule has 6 nitrogen and oxygen atoms in total. The summed E-state index contributed by atoms with van der Waals surface area (Å²) in [5, 5.41) is 12.1. The fourth-order valence-corrected chi connectivity index (χ4v) is 2.57. The number of carbonyl (C=O) groups excluding carboxylic acids is 1. The van der Waals surface area contributed by atoms with Crippen molar-refractivity contribution in [2.45, 2.75) is 19.9 Å². The van der Waals surface area contributed by atoms with Crippen LogP contribution in [0.4, 0.5) is 0 Å². The minimum absolute atomic E-state index is 0.135. The number of amides is 1. The lowest BCUT2D eigenvalue weighted by atomic mass is 10.1. The smallest absolute Gasteiger partial charge is 0.307 e. The summed E-state index contributed by atoms with van der Waals surface area (Å²) in [6, 6.07) is 7.19. The lowest BCUT2D eigenvalue weighted by molar-refractivity contribution is -0.140. The maximum Gasteiger partial charge on any atom is 0.307 e. The van der Waals surface area contributed by atoms with Crippen molar-refractivity contribution in [2.75, 3.05) is 0 Å². The number of aromatic nitrogens is 1. The van der Waals surface area contributed by atoms with E-state index < -0.39 is 17.8 Å². The Labute approximate surface area is 137 Å². The first kappa shape index (κ1) is 15.6. The average Bonchev–Trinajstić information content (AvgIpc) is 3.24. The largest absolute Gasteiger partial charge is 0.481 e. The zero-order chi connectivity index (χ0) is 16.6. The highest BCUT2D eigenvalue weighted by Gasteiger charge is 2.48. The van der Waals surface area contributed by atoms with Crippen molar-refractivity contribution in [3.05, 3.63) is 40.9 Å². The molecule has 1 aliphatic rings. The maximum atomic E-state index is 11.8. The number of hydrogen-bond acceptors (Lipinski definition) is 4. The summed E-state index contributed by atoms with van der Waals surface area (Å²) in [4.78, 5) is 26.9. The maximum absolute atomic E-state index is 11.8. The second kappa shape index (κ2) is 6.04. The van der Waals surface area contributed by atoms with Crippen molar-refractivity contribution in [2.24, 2.45) is 11.8 Å². The molecular weight excluding hydrogens is 320 g/mol. The van der Waals surface area contributed by atoms with E-state index in [1.54, 1.807) is 12.1 Å². The first-order chi connectivity index (χ1) is 11.0. The van der Waals surface area contributed by atoms with E-state index >= 15 is 0 Å². The second-order valence-corrected chi connectivity index (χ2v) is 5.97. The van der Waals surface area contributed by atoms with E-state index in [1.165, 1.54) is 0 Å². The fraction of sp³-hybridized carbons (Fsp3) is 0.312. The summed E-state index contributed by atoms with van der Waals surface area (Å²) < 4.78 is 5.68. The van der Waals surface area contributed by atoms with Crippen LogP contribution in [0, 0.1) is 18.8 Å². The van der Waals surface area contributed by atoms with Crippen molar-refractivity contribution in [1.82, 2.24) is 10.3 Å². The summed E-state index contributed by atoms with van der Waals surface area (Å²) in [5.74, 6) is -1.21. The molecule has 0 saturated heterocycles. The minimum atomic E-state index is -0.929. The quantitative estimate of drug-likeness (QED) is 0.876. The molecule has 2 unspecified atom stereocenters. The van der Waals surface area contributed by atoms with Crippen LogP contribution in [0.1, 0.15) is 18.0 Å². The topological polar surface area (TPSA) is 92.4 Å². The molecule has 0 aliphatic heterocycles. The van der Waals surface area contributed by atoms with Crippen LogP contribution in [0.5, 0.6) is 0 Å². The predicted octanol–water partition coefficient (Wildman–Crippen LogP) is 2.64. The Morgan fingerprint density at radius 3 is 2.65 bits per heavy atom. The van der Waals surface area contributed by atoms with Crippen LogP contribution in [-0.2, 0) is 16.1 Å². The van der Waals surface area contributed by atoms with Gasteiger partial charge in [0.05, 0.1) is 24.1 Å². The van der Waals surface area contributed by atoms with Gasteiger partial charge in [-0.25, -0.2) is 4.98 Å². The molecule has 0 radical (unpaired) electrons. The Bertz CT molecular complexity index is 754.